The molecule has 0 saturated heterocycles. The van der Waals surface area contributed by atoms with Gasteiger partial charge in [0.15, 0.2) is 0 Å². The normalized spacial score (nSPS) is 11.8. The summed E-state index contributed by atoms with van der Waals surface area (Å²) in [5, 5.41) is 2.44. The van der Waals surface area contributed by atoms with Gasteiger partial charge in [0, 0.05) is 24.3 Å². The molecule has 0 bridgehead atoms. The fourth-order valence-corrected chi connectivity index (χ4v) is 3.61. The highest BCUT2D eigenvalue weighted by Crippen LogP contribution is 2.21. The second kappa shape index (κ2) is 7.51. The molecule has 1 amide bonds. The fraction of sp³-hybridized carbons (Fsp3) is 0.235. The van der Waals surface area contributed by atoms with E-state index in [0.717, 1.165) is 6.07 Å². The van der Waals surface area contributed by atoms with Crippen molar-refractivity contribution in [2.45, 2.75) is 24.8 Å². The Labute approximate surface area is 151 Å². The van der Waals surface area contributed by atoms with Crippen LogP contribution in [-0.4, -0.2) is 31.7 Å². The molecule has 8 heteroatoms. The minimum Gasteiger partial charge on any atom is -0.322 e. The Hall–Kier alpha value is -1.96. The number of sulfonamides is 1. The molecular formula is C17H18ClFN2O3S. The Morgan fingerprint density at radius 2 is 1.88 bits per heavy atom. The largest absolute Gasteiger partial charge is 0.322 e. The Kier molecular flexibility index (Phi) is 5.82. The van der Waals surface area contributed by atoms with Crippen molar-refractivity contribution in [3.8, 4) is 0 Å². The summed E-state index contributed by atoms with van der Waals surface area (Å²) in [5.74, 6) is -1.11. The van der Waals surface area contributed by atoms with Crippen molar-refractivity contribution in [2.24, 2.45) is 0 Å². The summed E-state index contributed by atoms with van der Waals surface area (Å²) in [4.78, 5) is 12.4. The van der Waals surface area contributed by atoms with E-state index < -0.39 is 21.7 Å². The Bertz CT molecular complexity index is 901. The molecule has 2 aromatic rings. The van der Waals surface area contributed by atoms with Crippen molar-refractivity contribution in [3.05, 3.63) is 58.9 Å². The second-order valence-corrected chi connectivity index (χ2v) is 8.13. The molecule has 0 unspecified atom stereocenters. The van der Waals surface area contributed by atoms with E-state index in [1.165, 1.54) is 47.8 Å². The van der Waals surface area contributed by atoms with Crippen LogP contribution in [0.4, 0.5) is 10.1 Å². The smallest absolute Gasteiger partial charge is 0.255 e. The molecular weight excluding hydrogens is 367 g/mol. The predicted octanol–water partition coefficient (Wildman–Crippen LogP) is 3.76. The first-order chi connectivity index (χ1) is 11.6. The van der Waals surface area contributed by atoms with Crippen LogP contribution in [-0.2, 0) is 10.0 Å². The molecule has 2 aromatic carbocycles. The molecule has 2 rings (SSSR count). The average Bonchev–Trinajstić information content (AvgIpc) is 2.57. The van der Waals surface area contributed by atoms with Crippen molar-refractivity contribution in [2.75, 3.05) is 12.4 Å². The number of carbonyl (C=O) groups excluding carboxylic acids is 1. The first kappa shape index (κ1) is 19.4. The Morgan fingerprint density at radius 1 is 1.20 bits per heavy atom. The van der Waals surface area contributed by atoms with E-state index in [2.05, 4.69) is 5.32 Å². The molecule has 0 aromatic heterocycles. The van der Waals surface area contributed by atoms with Gasteiger partial charge in [-0.05, 0) is 50.2 Å². The van der Waals surface area contributed by atoms with Crippen molar-refractivity contribution >= 4 is 33.2 Å². The third-order valence-corrected chi connectivity index (χ3v) is 6.00. The van der Waals surface area contributed by atoms with Gasteiger partial charge in [-0.1, -0.05) is 17.7 Å². The van der Waals surface area contributed by atoms with Crippen molar-refractivity contribution in [1.29, 1.82) is 0 Å². The summed E-state index contributed by atoms with van der Waals surface area (Å²) in [6.07, 6.45) is 0. The lowest BCUT2D eigenvalue weighted by atomic mass is 10.2. The summed E-state index contributed by atoms with van der Waals surface area (Å²) in [6, 6.07) is 9.28. The molecule has 0 fully saturated rings. The summed E-state index contributed by atoms with van der Waals surface area (Å²) in [6.45, 7) is 3.51. The first-order valence-electron chi connectivity index (χ1n) is 7.47. The van der Waals surface area contributed by atoms with Gasteiger partial charge in [0.1, 0.15) is 5.82 Å². The second-order valence-electron chi connectivity index (χ2n) is 5.73. The van der Waals surface area contributed by atoms with Crippen LogP contribution in [0.3, 0.4) is 0 Å². The molecule has 1 N–H and O–H groups in total. The maximum absolute atomic E-state index is 13.2. The number of anilines is 1. The maximum atomic E-state index is 13.2. The number of nitrogens with one attached hydrogen (secondary N) is 1. The van der Waals surface area contributed by atoms with Crippen molar-refractivity contribution < 1.29 is 17.6 Å². The highest BCUT2D eigenvalue weighted by atomic mass is 35.5. The summed E-state index contributed by atoms with van der Waals surface area (Å²) in [5.41, 5.74) is 0.475. The molecule has 0 aliphatic rings. The van der Waals surface area contributed by atoms with Crippen LogP contribution in [0.2, 0.25) is 5.02 Å². The van der Waals surface area contributed by atoms with Crippen LogP contribution in [0.25, 0.3) is 0 Å². The van der Waals surface area contributed by atoms with Crippen LogP contribution in [0.5, 0.6) is 0 Å². The van der Waals surface area contributed by atoms with Gasteiger partial charge in [0.05, 0.1) is 9.92 Å². The van der Waals surface area contributed by atoms with Gasteiger partial charge < -0.3 is 5.32 Å². The van der Waals surface area contributed by atoms with E-state index >= 15 is 0 Å². The molecule has 0 atom stereocenters. The summed E-state index contributed by atoms with van der Waals surface area (Å²) >= 11 is 5.68. The van der Waals surface area contributed by atoms with Gasteiger partial charge >= 0.3 is 0 Å². The monoisotopic (exact) mass is 384 g/mol. The summed E-state index contributed by atoms with van der Waals surface area (Å²) in [7, 11) is -2.22. The minimum atomic E-state index is -3.70. The number of benzene rings is 2. The van der Waals surface area contributed by atoms with E-state index in [0.29, 0.717) is 5.69 Å². The molecule has 0 aliphatic heterocycles. The lowest BCUT2D eigenvalue weighted by molar-refractivity contribution is 0.102. The Balaban J connectivity index is 2.29. The molecule has 0 saturated carbocycles. The van der Waals surface area contributed by atoms with Gasteiger partial charge in [-0.2, -0.15) is 4.31 Å². The SMILES string of the molecule is CC(C)N(C)S(=O)(=O)c1cccc(C(=O)Nc2ccc(F)c(Cl)c2)c1. The fourth-order valence-electron chi connectivity index (χ4n) is 2.02. The van der Waals surface area contributed by atoms with Gasteiger partial charge in [-0.15, -0.1) is 0 Å². The van der Waals surface area contributed by atoms with Gasteiger partial charge in [0.2, 0.25) is 10.0 Å². The molecule has 25 heavy (non-hydrogen) atoms. The van der Waals surface area contributed by atoms with Crippen LogP contribution < -0.4 is 5.32 Å². The van der Waals surface area contributed by atoms with Gasteiger partial charge in [-0.3, -0.25) is 4.79 Å². The van der Waals surface area contributed by atoms with E-state index in [1.54, 1.807) is 13.8 Å². The third kappa shape index (κ3) is 4.36. The van der Waals surface area contributed by atoms with E-state index in [1.807, 2.05) is 0 Å². The highest BCUT2D eigenvalue weighted by molar-refractivity contribution is 7.89. The van der Waals surface area contributed by atoms with Crippen molar-refractivity contribution in [3.63, 3.8) is 0 Å². The maximum Gasteiger partial charge on any atom is 0.255 e. The number of hydrogen-bond acceptors (Lipinski definition) is 3. The minimum absolute atomic E-state index is 0.0217. The molecule has 0 heterocycles. The lowest BCUT2D eigenvalue weighted by Gasteiger charge is -2.21. The number of rotatable bonds is 5. The highest BCUT2D eigenvalue weighted by Gasteiger charge is 2.24. The number of halogens is 2. The molecule has 0 radical (unpaired) electrons. The van der Waals surface area contributed by atoms with E-state index in [9.17, 15) is 17.6 Å². The zero-order valence-electron chi connectivity index (χ0n) is 14.0. The number of amides is 1. The molecule has 5 nitrogen and oxygen atoms in total. The van der Waals surface area contributed by atoms with Crippen LogP contribution in [0, 0.1) is 5.82 Å². The first-order valence-corrected chi connectivity index (χ1v) is 9.29. The third-order valence-electron chi connectivity index (χ3n) is 3.68. The standard InChI is InChI=1S/C17H18ClFN2O3S/c1-11(2)21(3)25(23,24)14-6-4-5-12(9-14)17(22)20-13-7-8-16(19)15(18)10-13/h4-11H,1-3H3,(H,20,22). The van der Waals surface area contributed by atoms with Gasteiger partial charge in [-0.25, -0.2) is 12.8 Å². The topological polar surface area (TPSA) is 66.5 Å². The number of nitrogens with zero attached hydrogens (tertiary/aromatic N) is 1. The predicted molar refractivity (Wildman–Crippen MR) is 95.9 cm³/mol. The van der Waals surface area contributed by atoms with Gasteiger partial charge in [0.25, 0.3) is 5.91 Å². The van der Waals surface area contributed by atoms with Crippen molar-refractivity contribution in [1.82, 2.24) is 4.31 Å². The molecule has 0 spiro atoms. The van der Waals surface area contributed by atoms with Crippen LogP contribution in [0.1, 0.15) is 24.2 Å². The van der Waals surface area contributed by atoms with E-state index in [4.69, 9.17) is 11.6 Å². The quantitative estimate of drug-likeness (QED) is 0.853. The Morgan fingerprint density at radius 3 is 2.48 bits per heavy atom. The number of hydrogen-bond donors (Lipinski definition) is 1. The molecule has 0 aliphatic carbocycles. The van der Waals surface area contributed by atoms with E-state index in [-0.39, 0.29) is 21.5 Å². The average molecular weight is 385 g/mol. The van der Waals surface area contributed by atoms with Crippen LogP contribution >= 0.6 is 11.6 Å². The number of carbonyl (C=O) groups is 1. The lowest BCUT2D eigenvalue weighted by Crippen LogP contribution is -2.33. The summed E-state index contributed by atoms with van der Waals surface area (Å²) < 4.78 is 39.4. The molecule has 134 valence electrons. The van der Waals surface area contributed by atoms with Crippen LogP contribution in [0.15, 0.2) is 47.4 Å². The zero-order chi connectivity index (χ0) is 18.8. The zero-order valence-corrected chi connectivity index (χ0v) is 15.5.